The molecule has 1 fully saturated rings. The van der Waals surface area contributed by atoms with Crippen molar-refractivity contribution in [3.63, 3.8) is 0 Å². The van der Waals surface area contributed by atoms with Crippen molar-refractivity contribution in [2.75, 3.05) is 34.3 Å². The molecular weight excluding hydrogens is 406 g/mol. The Labute approximate surface area is 179 Å². The standard InChI is InChI=1S/C23H24F2N2O4/c1-26(2)11-6-12-27-20(15-7-4-5-8-16(15)24)19(22(29)23(27)30)21(28)14-9-10-18(31-3)17(25)13-14/h4-5,7-10,13,20,28H,6,11-12H2,1-3H3/t20-/m1/s1. The number of carbonyl (C=O) groups is 2. The van der Waals surface area contributed by atoms with Gasteiger partial charge in [0.1, 0.15) is 11.6 Å². The van der Waals surface area contributed by atoms with Crippen molar-refractivity contribution >= 4 is 17.4 Å². The van der Waals surface area contributed by atoms with Crippen LogP contribution in [0.3, 0.4) is 0 Å². The van der Waals surface area contributed by atoms with E-state index in [1.54, 1.807) is 6.07 Å². The van der Waals surface area contributed by atoms with Gasteiger partial charge in [0.15, 0.2) is 11.6 Å². The maximum atomic E-state index is 14.7. The van der Waals surface area contributed by atoms with Crippen LogP contribution in [-0.2, 0) is 9.59 Å². The normalized spacial score (nSPS) is 18.1. The lowest BCUT2D eigenvalue weighted by molar-refractivity contribution is -0.140. The number of benzene rings is 2. The van der Waals surface area contributed by atoms with Gasteiger partial charge in [-0.3, -0.25) is 9.59 Å². The summed E-state index contributed by atoms with van der Waals surface area (Å²) in [6.45, 7) is 0.839. The molecule has 2 aromatic rings. The van der Waals surface area contributed by atoms with Crippen LogP contribution in [0.5, 0.6) is 5.75 Å². The van der Waals surface area contributed by atoms with Gasteiger partial charge in [-0.25, -0.2) is 8.78 Å². The summed E-state index contributed by atoms with van der Waals surface area (Å²) < 4.78 is 33.7. The summed E-state index contributed by atoms with van der Waals surface area (Å²) in [6, 6.07) is 8.33. The van der Waals surface area contributed by atoms with Crippen LogP contribution >= 0.6 is 0 Å². The number of aliphatic hydroxyl groups excluding tert-OH is 1. The van der Waals surface area contributed by atoms with Crippen LogP contribution < -0.4 is 4.74 Å². The summed E-state index contributed by atoms with van der Waals surface area (Å²) in [7, 11) is 5.05. The zero-order chi connectivity index (χ0) is 22.7. The molecule has 1 saturated heterocycles. The lowest BCUT2D eigenvalue weighted by atomic mass is 9.95. The Morgan fingerprint density at radius 3 is 2.45 bits per heavy atom. The van der Waals surface area contributed by atoms with Crippen LogP contribution in [0.1, 0.15) is 23.6 Å². The first-order valence-corrected chi connectivity index (χ1v) is 9.77. The number of hydrogen-bond donors (Lipinski definition) is 1. The summed E-state index contributed by atoms with van der Waals surface area (Å²) in [4.78, 5) is 28.8. The molecule has 6 nitrogen and oxygen atoms in total. The monoisotopic (exact) mass is 430 g/mol. The number of rotatable bonds is 7. The zero-order valence-corrected chi connectivity index (χ0v) is 17.6. The van der Waals surface area contributed by atoms with E-state index in [0.29, 0.717) is 13.0 Å². The van der Waals surface area contributed by atoms with Gasteiger partial charge in [-0.15, -0.1) is 0 Å². The molecule has 0 bridgehead atoms. The van der Waals surface area contributed by atoms with E-state index in [4.69, 9.17) is 4.74 Å². The van der Waals surface area contributed by atoms with E-state index in [0.717, 1.165) is 6.07 Å². The molecule has 0 aromatic heterocycles. The van der Waals surface area contributed by atoms with Crippen LogP contribution in [0.15, 0.2) is 48.0 Å². The predicted octanol–water partition coefficient (Wildman–Crippen LogP) is 3.35. The summed E-state index contributed by atoms with van der Waals surface area (Å²) in [5, 5.41) is 10.9. The summed E-state index contributed by atoms with van der Waals surface area (Å²) in [6.07, 6.45) is 0.544. The van der Waals surface area contributed by atoms with Crippen LogP contribution in [-0.4, -0.2) is 60.9 Å². The molecule has 164 valence electrons. The van der Waals surface area contributed by atoms with Crippen molar-refractivity contribution in [1.29, 1.82) is 0 Å². The highest BCUT2D eigenvalue weighted by molar-refractivity contribution is 6.46. The van der Waals surface area contributed by atoms with Crippen LogP contribution in [0.4, 0.5) is 8.78 Å². The third kappa shape index (κ3) is 4.44. The fraction of sp³-hybridized carbons (Fsp3) is 0.304. The number of Topliss-reactive ketones (excluding diaryl/α,β-unsaturated/α-hetero) is 1. The van der Waals surface area contributed by atoms with Gasteiger partial charge < -0.3 is 19.6 Å². The number of carbonyl (C=O) groups excluding carboxylic acids is 2. The molecule has 1 aliphatic heterocycles. The highest BCUT2D eigenvalue weighted by atomic mass is 19.1. The Bertz CT molecular complexity index is 1040. The SMILES string of the molecule is COc1ccc(C(O)=C2C(=O)C(=O)N(CCCN(C)C)[C@@H]2c2ccccc2F)cc1F. The summed E-state index contributed by atoms with van der Waals surface area (Å²) >= 11 is 0. The number of halogens is 2. The van der Waals surface area contributed by atoms with Crippen LogP contribution in [0.25, 0.3) is 5.76 Å². The average Bonchev–Trinajstić information content (AvgIpc) is 2.98. The number of aliphatic hydroxyl groups is 1. The smallest absolute Gasteiger partial charge is 0.295 e. The van der Waals surface area contributed by atoms with Gasteiger partial charge in [-0.1, -0.05) is 18.2 Å². The van der Waals surface area contributed by atoms with E-state index in [1.165, 1.54) is 42.3 Å². The number of likely N-dealkylation sites (tertiary alicyclic amines) is 1. The molecule has 8 heteroatoms. The molecule has 2 aromatic carbocycles. The Kier molecular flexibility index (Phi) is 6.70. The molecule has 0 aliphatic carbocycles. The minimum atomic E-state index is -1.12. The molecule has 0 saturated carbocycles. The number of methoxy groups -OCH3 is 1. The molecule has 0 radical (unpaired) electrons. The van der Waals surface area contributed by atoms with Crippen molar-refractivity contribution < 1.29 is 28.2 Å². The molecule has 1 atom stereocenters. The maximum absolute atomic E-state index is 14.7. The lowest BCUT2D eigenvalue weighted by Gasteiger charge is -2.26. The van der Waals surface area contributed by atoms with E-state index < -0.39 is 35.1 Å². The van der Waals surface area contributed by atoms with E-state index in [9.17, 15) is 23.5 Å². The number of ketones is 1. The van der Waals surface area contributed by atoms with E-state index in [-0.39, 0.29) is 29.0 Å². The second kappa shape index (κ2) is 9.26. The fourth-order valence-corrected chi connectivity index (χ4v) is 3.66. The van der Waals surface area contributed by atoms with Crippen molar-refractivity contribution in [2.24, 2.45) is 0 Å². The van der Waals surface area contributed by atoms with Gasteiger partial charge in [-0.2, -0.15) is 0 Å². The molecule has 0 spiro atoms. The Hall–Kier alpha value is -3.26. The molecular formula is C23H24F2N2O4. The quantitative estimate of drug-likeness (QED) is 0.415. The summed E-state index contributed by atoms with van der Waals surface area (Å²) in [5.41, 5.74) is -0.197. The first-order chi connectivity index (χ1) is 14.8. The topological polar surface area (TPSA) is 70.1 Å². The molecule has 1 N–H and O–H groups in total. The van der Waals surface area contributed by atoms with Gasteiger partial charge in [0.05, 0.1) is 18.7 Å². The van der Waals surface area contributed by atoms with Gasteiger partial charge in [0.2, 0.25) is 0 Å². The predicted molar refractivity (Wildman–Crippen MR) is 112 cm³/mol. The minimum absolute atomic E-state index is 0.00840. The number of hydrogen-bond acceptors (Lipinski definition) is 5. The zero-order valence-electron chi connectivity index (χ0n) is 17.6. The highest BCUT2D eigenvalue weighted by Gasteiger charge is 2.46. The molecule has 1 heterocycles. The van der Waals surface area contributed by atoms with Crippen molar-refractivity contribution in [2.45, 2.75) is 12.5 Å². The molecule has 3 rings (SSSR count). The van der Waals surface area contributed by atoms with E-state index >= 15 is 0 Å². The van der Waals surface area contributed by atoms with Gasteiger partial charge >= 0.3 is 0 Å². The molecule has 1 aliphatic rings. The van der Waals surface area contributed by atoms with Crippen molar-refractivity contribution in [3.8, 4) is 5.75 Å². The number of amides is 1. The first kappa shape index (κ1) is 22.4. The molecule has 31 heavy (non-hydrogen) atoms. The minimum Gasteiger partial charge on any atom is -0.507 e. The maximum Gasteiger partial charge on any atom is 0.295 e. The average molecular weight is 430 g/mol. The number of ether oxygens (including phenoxy) is 1. The van der Waals surface area contributed by atoms with E-state index in [2.05, 4.69) is 0 Å². The summed E-state index contributed by atoms with van der Waals surface area (Å²) in [5.74, 6) is -3.72. The van der Waals surface area contributed by atoms with Crippen LogP contribution in [0.2, 0.25) is 0 Å². The van der Waals surface area contributed by atoms with Crippen molar-refractivity contribution in [1.82, 2.24) is 9.80 Å². The second-order valence-electron chi connectivity index (χ2n) is 7.52. The van der Waals surface area contributed by atoms with Crippen LogP contribution in [0, 0.1) is 11.6 Å². The highest BCUT2D eigenvalue weighted by Crippen LogP contribution is 2.40. The largest absolute Gasteiger partial charge is 0.507 e. The number of nitrogens with zero attached hydrogens (tertiary/aromatic N) is 2. The van der Waals surface area contributed by atoms with Gasteiger partial charge in [0, 0.05) is 17.7 Å². The third-order valence-electron chi connectivity index (χ3n) is 5.17. The second-order valence-corrected chi connectivity index (χ2v) is 7.52. The Morgan fingerprint density at radius 1 is 1.13 bits per heavy atom. The van der Waals surface area contributed by atoms with Crippen molar-refractivity contribution in [3.05, 3.63) is 70.8 Å². The lowest BCUT2D eigenvalue weighted by Crippen LogP contribution is -2.32. The van der Waals surface area contributed by atoms with E-state index in [1.807, 2.05) is 19.0 Å². The van der Waals surface area contributed by atoms with Gasteiger partial charge in [0.25, 0.3) is 11.7 Å². The Morgan fingerprint density at radius 2 is 1.84 bits per heavy atom. The molecule has 0 unspecified atom stereocenters. The Balaban J connectivity index is 2.13. The first-order valence-electron chi connectivity index (χ1n) is 9.77. The molecule has 1 amide bonds. The van der Waals surface area contributed by atoms with Gasteiger partial charge in [-0.05, 0) is 51.3 Å². The fourth-order valence-electron chi connectivity index (χ4n) is 3.66. The third-order valence-corrected chi connectivity index (χ3v) is 5.17.